The third-order valence-electron chi connectivity index (χ3n) is 5.14. The Morgan fingerprint density at radius 2 is 1.96 bits per heavy atom. The van der Waals surface area contributed by atoms with Crippen molar-refractivity contribution in [3.8, 4) is 0 Å². The van der Waals surface area contributed by atoms with Crippen LogP contribution < -0.4 is 0 Å². The highest BCUT2D eigenvalue weighted by atomic mass is 16.2. The van der Waals surface area contributed by atoms with Gasteiger partial charge in [0.25, 0.3) is 0 Å². The normalized spacial score (nSPS) is 23.7. The molecule has 24 heavy (non-hydrogen) atoms. The summed E-state index contributed by atoms with van der Waals surface area (Å²) in [5.74, 6) is 0.267. The van der Waals surface area contributed by atoms with Gasteiger partial charge >= 0.3 is 0 Å². The van der Waals surface area contributed by atoms with Gasteiger partial charge in [-0.05, 0) is 43.2 Å². The van der Waals surface area contributed by atoms with E-state index in [0.717, 1.165) is 36.5 Å². The van der Waals surface area contributed by atoms with Gasteiger partial charge in [-0.3, -0.25) is 19.7 Å². The molecule has 2 aliphatic rings. The summed E-state index contributed by atoms with van der Waals surface area (Å²) in [6.45, 7) is 4.58. The Kier molecular flexibility index (Phi) is 4.02. The number of aryl methyl sites for hydroxylation is 1. The largest absolute Gasteiger partial charge is 0.334 e. The lowest BCUT2D eigenvalue weighted by Gasteiger charge is -2.25. The van der Waals surface area contributed by atoms with Crippen molar-refractivity contribution in [3.63, 3.8) is 0 Å². The summed E-state index contributed by atoms with van der Waals surface area (Å²) >= 11 is 0. The van der Waals surface area contributed by atoms with E-state index in [1.54, 1.807) is 12.4 Å². The molecule has 4 heterocycles. The summed E-state index contributed by atoms with van der Waals surface area (Å²) in [6.07, 6.45) is 5.25. The van der Waals surface area contributed by atoms with E-state index in [9.17, 15) is 4.79 Å². The highest BCUT2D eigenvalue weighted by Crippen LogP contribution is 2.34. The van der Waals surface area contributed by atoms with Crippen LogP contribution in [0.5, 0.6) is 0 Å². The molecule has 0 bridgehead atoms. The van der Waals surface area contributed by atoms with Crippen LogP contribution in [0.2, 0.25) is 0 Å². The number of fused-ring (bicyclic) bond motifs is 1. The number of likely N-dealkylation sites (tertiary alicyclic amines) is 2. The second-order valence-electron chi connectivity index (χ2n) is 6.75. The third kappa shape index (κ3) is 2.91. The van der Waals surface area contributed by atoms with Crippen molar-refractivity contribution in [1.29, 1.82) is 0 Å². The first-order chi connectivity index (χ1) is 11.7. The molecule has 0 radical (unpaired) electrons. The van der Waals surface area contributed by atoms with E-state index in [0.29, 0.717) is 25.0 Å². The average molecular weight is 322 g/mol. The molecule has 0 N–H and O–H groups in total. The molecule has 0 spiro atoms. The Bertz CT molecular complexity index is 733. The van der Waals surface area contributed by atoms with Gasteiger partial charge in [-0.1, -0.05) is 6.07 Å². The maximum absolute atomic E-state index is 12.5. The Labute approximate surface area is 142 Å². The molecule has 2 atom stereocenters. The lowest BCUT2D eigenvalue weighted by Crippen LogP contribution is -2.36. The van der Waals surface area contributed by atoms with Crippen molar-refractivity contribution in [2.75, 3.05) is 6.54 Å². The second-order valence-corrected chi connectivity index (χ2v) is 6.75. The van der Waals surface area contributed by atoms with Crippen molar-refractivity contribution >= 4 is 5.91 Å². The van der Waals surface area contributed by atoms with Crippen LogP contribution in [0.25, 0.3) is 0 Å². The molecule has 2 aromatic rings. The minimum atomic E-state index is 0.267. The fourth-order valence-corrected chi connectivity index (χ4v) is 3.99. The van der Waals surface area contributed by atoms with E-state index in [1.165, 1.54) is 0 Å². The number of amides is 1. The minimum absolute atomic E-state index is 0.267. The van der Waals surface area contributed by atoms with Crippen molar-refractivity contribution in [3.05, 3.63) is 59.7 Å². The van der Waals surface area contributed by atoms with Gasteiger partial charge in [0.05, 0.1) is 5.69 Å². The lowest BCUT2D eigenvalue weighted by molar-refractivity contribution is -0.129. The molecule has 2 saturated heterocycles. The monoisotopic (exact) mass is 322 g/mol. The average Bonchev–Trinajstić information content (AvgIpc) is 3.09. The number of aromatic nitrogens is 2. The molecule has 2 aliphatic heterocycles. The molecule has 0 aromatic carbocycles. The van der Waals surface area contributed by atoms with Crippen LogP contribution in [-0.2, 0) is 17.9 Å². The van der Waals surface area contributed by atoms with E-state index in [2.05, 4.69) is 31.9 Å². The predicted octanol–water partition coefficient (Wildman–Crippen LogP) is 2.16. The second kappa shape index (κ2) is 6.32. The number of carbonyl (C=O) groups is 1. The van der Waals surface area contributed by atoms with Crippen molar-refractivity contribution in [2.24, 2.45) is 0 Å². The van der Waals surface area contributed by atoms with E-state index in [1.807, 2.05) is 25.1 Å². The quantitative estimate of drug-likeness (QED) is 0.865. The SMILES string of the molecule is Cc1cccc(CN2CC[C@H]3[C@@H]2CC(=O)N3Cc2ccncc2)n1. The van der Waals surface area contributed by atoms with Crippen LogP contribution in [-0.4, -0.2) is 44.3 Å². The van der Waals surface area contributed by atoms with E-state index >= 15 is 0 Å². The molecule has 2 aromatic heterocycles. The molecule has 124 valence electrons. The summed E-state index contributed by atoms with van der Waals surface area (Å²) in [5.41, 5.74) is 3.29. The molecule has 5 nitrogen and oxygen atoms in total. The van der Waals surface area contributed by atoms with Crippen LogP contribution in [0, 0.1) is 6.92 Å². The number of hydrogen-bond acceptors (Lipinski definition) is 4. The zero-order valence-electron chi connectivity index (χ0n) is 13.9. The van der Waals surface area contributed by atoms with Gasteiger partial charge < -0.3 is 4.90 Å². The molecule has 5 heteroatoms. The zero-order chi connectivity index (χ0) is 16.5. The summed E-state index contributed by atoms with van der Waals surface area (Å²) < 4.78 is 0. The van der Waals surface area contributed by atoms with E-state index in [-0.39, 0.29) is 5.91 Å². The van der Waals surface area contributed by atoms with Crippen LogP contribution >= 0.6 is 0 Å². The number of hydrogen-bond donors (Lipinski definition) is 0. The lowest BCUT2D eigenvalue weighted by atomic mass is 10.1. The van der Waals surface area contributed by atoms with Crippen LogP contribution in [0.3, 0.4) is 0 Å². The first-order valence-electron chi connectivity index (χ1n) is 8.55. The van der Waals surface area contributed by atoms with Gasteiger partial charge in [0.2, 0.25) is 5.91 Å². The van der Waals surface area contributed by atoms with Crippen molar-refractivity contribution < 1.29 is 4.79 Å². The molecule has 1 amide bonds. The van der Waals surface area contributed by atoms with Gasteiger partial charge in [-0.25, -0.2) is 0 Å². The van der Waals surface area contributed by atoms with Gasteiger partial charge in [-0.15, -0.1) is 0 Å². The van der Waals surface area contributed by atoms with Crippen LogP contribution in [0.1, 0.15) is 29.8 Å². The Hall–Kier alpha value is -2.27. The number of nitrogens with zero attached hydrogens (tertiary/aromatic N) is 4. The Morgan fingerprint density at radius 3 is 2.75 bits per heavy atom. The maximum atomic E-state index is 12.5. The first-order valence-corrected chi connectivity index (χ1v) is 8.55. The summed E-state index contributed by atoms with van der Waals surface area (Å²) in [5, 5.41) is 0. The zero-order valence-corrected chi connectivity index (χ0v) is 13.9. The van der Waals surface area contributed by atoms with Crippen molar-refractivity contribution in [1.82, 2.24) is 19.8 Å². The van der Waals surface area contributed by atoms with Gasteiger partial charge in [-0.2, -0.15) is 0 Å². The molecule has 0 saturated carbocycles. The molecular weight excluding hydrogens is 300 g/mol. The topological polar surface area (TPSA) is 49.3 Å². The van der Waals surface area contributed by atoms with Gasteiger partial charge in [0.1, 0.15) is 0 Å². The van der Waals surface area contributed by atoms with Gasteiger partial charge in [0.15, 0.2) is 0 Å². The first kappa shape index (κ1) is 15.3. The smallest absolute Gasteiger partial charge is 0.224 e. The van der Waals surface area contributed by atoms with Crippen LogP contribution in [0.15, 0.2) is 42.7 Å². The fourth-order valence-electron chi connectivity index (χ4n) is 3.99. The van der Waals surface area contributed by atoms with Crippen molar-refractivity contribution in [2.45, 2.75) is 44.9 Å². The molecular formula is C19H22N4O. The molecule has 0 unspecified atom stereocenters. The van der Waals surface area contributed by atoms with E-state index < -0.39 is 0 Å². The number of rotatable bonds is 4. The van der Waals surface area contributed by atoms with Crippen LogP contribution in [0.4, 0.5) is 0 Å². The van der Waals surface area contributed by atoms with Gasteiger partial charge in [0, 0.05) is 56.2 Å². The maximum Gasteiger partial charge on any atom is 0.224 e. The molecule has 2 fully saturated rings. The molecule has 4 rings (SSSR count). The third-order valence-corrected chi connectivity index (χ3v) is 5.14. The summed E-state index contributed by atoms with van der Waals surface area (Å²) in [4.78, 5) is 25.7. The molecule has 0 aliphatic carbocycles. The summed E-state index contributed by atoms with van der Waals surface area (Å²) in [6, 6.07) is 10.8. The highest BCUT2D eigenvalue weighted by molar-refractivity contribution is 5.80. The number of carbonyl (C=O) groups excluding carboxylic acids is 1. The summed E-state index contributed by atoms with van der Waals surface area (Å²) in [7, 11) is 0. The Balaban J connectivity index is 1.47. The standard InChI is InChI=1S/C19H22N4O/c1-14-3-2-4-16(21-14)13-22-10-7-17-18(22)11-19(24)23(17)12-15-5-8-20-9-6-15/h2-6,8-9,17-18H,7,10-13H2,1H3/t17-,18-/m0/s1. The fraction of sp³-hybridized carbons (Fsp3) is 0.421. The Morgan fingerprint density at radius 1 is 1.12 bits per heavy atom. The number of pyridine rings is 2. The highest BCUT2D eigenvalue weighted by Gasteiger charge is 2.46. The predicted molar refractivity (Wildman–Crippen MR) is 91.0 cm³/mol. The van der Waals surface area contributed by atoms with E-state index in [4.69, 9.17) is 0 Å². The minimum Gasteiger partial charge on any atom is -0.334 e.